The minimum atomic E-state index is -2.80. The molecule has 0 amide bonds. The number of sulfone groups is 1. The maximum Gasteiger partial charge on any atom is 0.150 e. The van der Waals surface area contributed by atoms with Gasteiger partial charge in [-0.3, -0.25) is 0 Å². The van der Waals surface area contributed by atoms with Crippen LogP contribution in [0, 0.1) is 6.10 Å². The van der Waals surface area contributed by atoms with Crippen molar-refractivity contribution in [1.29, 1.82) is 0 Å². The van der Waals surface area contributed by atoms with Crippen LogP contribution in [-0.4, -0.2) is 25.0 Å². The van der Waals surface area contributed by atoms with E-state index in [0.29, 0.717) is 18.9 Å². The van der Waals surface area contributed by atoms with Gasteiger partial charge in [0.2, 0.25) is 0 Å². The van der Waals surface area contributed by atoms with Crippen LogP contribution in [0.1, 0.15) is 12.8 Å². The lowest BCUT2D eigenvalue weighted by Crippen LogP contribution is -2.21. The Morgan fingerprint density at radius 2 is 1.67 bits per heavy atom. The van der Waals surface area contributed by atoms with Gasteiger partial charge >= 0.3 is 0 Å². The summed E-state index contributed by atoms with van der Waals surface area (Å²) in [7, 11) is -2.80. The number of aliphatic hydroxyl groups excluding tert-OH is 1. The Morgan fingerprint density at radius 1 is 1.22 bits per heavy atom. The van der Waals surface area contributed by atoms with E-state index >= 15 is 0 Å². The van der Waals surface area contributed by atoms with Crippen LogP contribution >= 0.6 is 0 Å². The standard InChI is InChI=1S/C5H9O3S/c6-5-1-3-9(7,8)4-2-5/h6H,1-4H2. The minimum Gasteiger partial charge on any atom is -0.387 e. The zero-order valence-electron chi connectivity index (χ0n) is 5.00. The van der Waals surface area contributed by atoms with Crippen molar-refractivity contribution in [1.82, 2.24) is 0 Å². The Balaban J connectivity index is 2.55. The van der Waals surface area contributed by atoms with Crippen LogP contribution in [0.5, 0.6) is 0 Å². The third-order valence-corrected chi connectivity index (χ3v) is 3.06. The molecule has 1 heterocycles. The van der Waals surface area contributed by atoms with Crippen LogP contribution < -0.4 is 0 Å². The molecular formula is C5H9O3S. The van der Waals surface area contributed by atoms with Gasteiger partial charge in [-0.2, -0.15) is 0 Å². The summed E-state index contributed by atoms with van der Waals surface area (Å²) in [6, 6.07) is 0. The van der Waals surface area contributed by atoms with E-state index in [2.05, 4.69) is 0 Å². The Morgan fingerprint density at radius 3 is 2.00 bits per heavy atom. The summed E-state index contributed by atoms with van der Waals surface area (Å²) in [5.74, 6) is 0.248. The van der Waals surface area contributed by atoms with Crippen LogP contribution in [0.3, 0.4) is 0 Å². The summed E-state index contributed by atoms with van der Waals surface area (Å²) in [5, 5.41) is 8.79. The third-order valence-electron chi connectivity index (χ3n) is 1.40. The van der Waals surface area contributed by atoms with Crippen LogP contribution in [0.25, 0.3) is 0 Å². The molecule has 3 nitrogen and oxygen atoms in total. The molecule has 53 valence electrons. The van der Waals surface area contributed by atoms with E-state index in [1.54, 1.807) is 0 Å². The highest BCUT2D eigenvalue weighted by molar-refractivity contribution is 7.91. The largest absolute Gasteiger partial charge is 0.387 e. The van der Waals surface area contributed by atoms with Crippen molar-refractivity contribution in [2.24, 2.45) is 0 Å². The maximum atomic E-state index is 10.7. The highest BCUT2D eigenvalue weighted by Gasteiger charge is 2.21. The van der Waals surface area contributed by atoms with Crippen LogP contribution in [0.15, 0.2) is 0 Å². The molecule has 1 rings (SSSR count). The van der Waals surface area contributed by atoms with Gasteiger partial charge in [0.15, 0.2) is 9.84 Å². The predicted octanol–water partition coefficient (Wildman–Crippen LogP) is 0.0995. The summed E-state index contributed by atoms with van der Waals surface area (Å²) < 4.78 is 21.3. The normalized spacial score (nSPS) is 28.1. The van der Waals surface area contributed by atoms with Crippen molar-refractivity contribution in [2.75, 3.05) is 11.5 Å². The average molecular weight is 149 g/mol. The number of rotatable bonds is 0. The van der Waals surface area contributed by atoms with Gasteiger partial charge in [0.1, 0.15) is 0 Å². The van der Waals surface area contributed by atoms with Gasteiger partial charge in [0.25, 0.3) is 0 Å². The summed E-state index contributed by atoms with van der Waals surface area (Å²) >= 11 is 0. The molecule has 0 aliphatic carbocycles. The second kappa shape index (κ2) is 2.27. The molecule has 1 saturated heterocycles. The van der Waals surface area contributed by atoms with E-state index in [9.17, 15) is 8.42 Å². The lowest BCUT2D eigenvalue weighted by atomic mass is 10.2. The number of hydrogen-bond donors (Lipinski definition) is 1. The van der Waals surface area contributed by atoms with Crippen molar-refractivity contribution < 1.29 is 13.5 Å². The molecule has 4 heteroatoms. The fourth-order valence-electron chi connectivity index (χ4n) is 0.774. The van der Waals surface area contributed by atoms with Crippen molar-refractivity contribution in [2.45, 2.75) is 12.8 Å². The van der Waals surface area contributed by atoms with Gasteiger partial charge in [-0.05, 0) is 12.8 Å². The van der Waals surface area contributed by atoms with Gasteiger partial charge in [-0.25, -0.2) is 8.42 Å². The first-order valence-corrected chi connectivity index (χ1v) is 4.66. The Bertz CT molecular complexity index is 168. The Kier molecular flexibility index (Phi) is 1.77. The Labute approximate surface area is 54.6 Å². The molecule has 0 atom stereocenters. The highest BCUT2D eigenvalue weighted by Crippen LogP contribution is 2.16. The predicted molar refractivity (Wildman–Crippen MR) is 33.1 cm³/mol. The molecule has 1 aliphatic heterocycles. The summed E-state index contributed by atoms with van der Waals surface area (Å²) in [6.07, 6.45) is 0.995. The lowest BCUT2D eigenvalue weighted by Gasteiger charge is -2.14. The van der Waals surface area contributed by atoms with Crippen LogP contribution in [0.2, 0.25) is 0 Å². The summed E-state index contributed by atoms with van der Waals surface area (Å²) in [4.78, 5) is 0. The van der Waals surface area contributed by atoms with E-state index in [-0.39, 0.29) is 11.5 Å². The van der Waals surface area contributed by atoms with Gasteiger partial charge in [-0.1, -0.05) is 0 Å². The van der Waals surface area contributed by atoms with Crippen molar-refractivity contribution >= 4 is 9.84 Å². The fraction of sp³-hybridized carbons (Fsp3) is 0.800. The van der Waals surface area contributed by atoms with Crippen molar-refractivity contribution in [3.05, 3.63) is 6.10 Å². The van der Waals surface area contributed by atoms with Gasteiger partial charge < -0.3 is 5.11 Å². The molecule has 0 bridgehead atoms. The molecule has 1 radical (unpaired) electrons. The molecule has 0 aromatic heterocycles. The molecular weight excluding hydrogens is 140 g/mol. The number of aliphatic hydroxyl groups is 1. The maximum absolute atomic E-state index is 10.7. The third kappa shape index (κ3) is 1.95. The average Bonchev–Trinajstić information content (AvgIpc) is 1.78. The molecule has 1 fully saturated rings. The molecule has 0 spiro atoms. The Hall–Kier alpha value is -0.0900. The summed E-state index contributed by atoms with van der Waals surface area (Å²) in [5.41, 5.74) is 0. The molecule has 1 N–H and O–H groups in total. The topological polar surface area (TPSA) is 54.4 Å². The van der Waals surface area contributed by atoms with E-state index in [1.807, 2.05) is 0 Å². The first kappa shape index (κ1) is 7.02. The minimum absolute atomic E-state index is 0.124. The van der Waals surface area contributed by atoms with E-state index in [4.69, 9.17) is 5.11 Å². The molecule has 1 aliphatic rings. The monoisotopic (exact) mass is 149 g/mol. The summed E-state index contributed by atoms with van der Waals surface area (Å²) in [6.45, 7) is 0. The molecule has 0 aromatic carbocycles. The van der Waals surface area contributed by atoms with Gasteiger partial charge in [0.05, 0.1) is 17.6 Å². The second-order valence-corrected chi connectivity index (χ2v) is 4.52. The van der Waals surface area contributed by atoms with Gasteiger partial charge in [0, 0.05) is 0 Å². The van der Waals surface area contributed by atoms with Crippen molar-refractivity contribution in [3.63, 3.8) is 0 Å². The number of hydrogen-bond acceptors (Lipinski definition) is 3. The first-order valence-electron chi connectivity index (χ1n) is 2.84. The SMILES string of the molecule is O=S1(=O)CC[C](O)CC1. The zero-order chi connectivity index (χ0) is 6.91. The quantitative estimate of drug-likeness (QED) is 0.531. The van der Waals surface area contributed by atoms with E-state index in [0.717, 1.165) is 0 Å². The smallest absolute Gasteiger partial charge is 0.150 e. The molecule has 9 heavy (non-hydrogen) atoms. The van der Waals surface area contributed by atoms with Crippen molar-refractivity contribution in [3.8, 4) is 0 Å². The van der Waals surface area contributed by atoms with Crippen LogP contribution in [-0.2, 0) is 9.84 Å². The van der Waals surface area contributed by atoms with Gasteiger partial charge in [-0.15, -0.1) is 0 Å². The molecule has 0 saturated carbocycles. The lowest BCUT2D eigenvalue weighted by molar-refractivity contribution is 0.276. The van der Waals surface area contributed by atoms with E-state index < -0.39 is 9.84 Å². The zero-order valence-corrected chi connectivity index (χ0v) is 5.82. The van der Waals surface area contributed by atoms with Crippen LogP contribution in [0.4, 0.5) is 0 Å². The van der Waals surface area contributed by atoms with E-state index in [1.165, 1.54) is 0 Å². The second-order valence-electron chi connectivity index (χ2n) is 2.22. The highest BCUT2D eigenvalue weighted by atomic mass is 32.2. The molecule has 0 aromatic rings. The molecule has 0 unspecified atom stereocenters. The first-order chi connectivity index (χ1) is 4.10. The fourth-order valence-corrected chi connectivity index (χ4v) is 2.07.